The highest BCUT2D eigenvalue weighted by atomic mass is 16.8. The van der Waals surface area contributed by atoms with Crippen molar-refractivity contribution in [3.05, 3.63) is 0 Å². The Morgan fingerprint density at radius 1 is 0.536 bits per heavy atom. The van der Waals surface area contributed by atoms with Gasteiger partial charge in [-0.15, -0.1) is 0 Å². The molecule has 69 heavy (non-hydrogen) atoms. The summed E-state index contributed by atoms with van der Waals surface area (Å²) in [6.45, 7) is -2.71. The first-order valence-electron chi connectivity index (χ1n) is 22.1. The number of hydrogen-bond acceptors (Lipinski definition) is 27. The third kappa shape index (κ3) is 16.8. The summed E-state index contributed by atoms with van der Waals surface area (Å²) >= 11 is 0. The van der Waals surface area contributed by atoms with E-state index in [0.29, 0.717) is 0 Å². The van der Waals surface area contributed by atoms with Crippen LogP contribution < -0.4 is 27.2 Å². The Labute approximate surface area is 393 Å². The van der Waals surface area contributed by atoms with E-state index in [4.69, 9.17) is 43.6 Å². The Morgan fingerprint density at radius 3 is 1.65 bits per heavy atom. The SMILES string of the molecule is C[C@@H]1O[C@@H](OCCNNC(=O)CN(CC(N)=O)CC(=O)NCCCC(=O)NCCO[C@H]2O[C@H](CO[C@H]3O[C@H](CO)[C@@H](O)[C@H](O)[C@@H]3O)[C@@H](O)[C@H](O[C@H]3O[C@H](CO)[C@@H](O)[C@H](O)[C@@H]3O)[C@@H]2O)[C@@H](O)[C@H](O)[C@@H]1O. The van der Waals surface area contributed by atoms with Crippen LogP contribution in [0.5, 0.6) is 0 Å². The molecule has 0 aromatic carbocycles. The molecule has 0 radical (unpaired) electrons. The van der Waals surface area contributed by atoms with Crippen LogP contribution in [0.15, 0.2) is 0 Å². The van der Waals surface area contributed by atoms with Crippen LogP contribution in [0.2, 0.25) is 0 Å². The maximum absolute atomic E-state index is 12.6. The van der Waals surface area contributed by atoms with Crippen LogP contribution >= 0.6 is 0 Å². The van der Waals surface area contributed by atoms with Gasteiger partial charge in [-0.05, 0) is 13.3 Å². The molecular weight excluding hydrogens is 940 g/mol. The van der Waals surface area contributed by atoms with Gasteiger partial charge in [-0.1, -0.05) is 0 Å². The summed E-state index contributed by atoms with van der Waals surface area (Å²) in [4.78, 5) is 50.4. The largest absolute Gasteiger partial charge is 0.394 e. The Bertz CT molecular complexity index is 1600. The van der Waals surface area contributed by atoms with E-state index in [1.807, 2.05) is 0 Å². The molecule has 0 aliphatic carbocycles. The van der Waals surface area contributed by atoms with Crippen LogP contribution in [0.1, 0.15) is 19.8 Å². The number of primary amides is 1. The number of hydrazine groups is 1. The third-order valence-electron chi connectivity index (χ3n) is 11.3. The second kappa shape index (κ2) is 28.3. The molecule has 0 saturated carbocycles. The Balaban J connectivity index is 1.20. The first-order chi connectivity index (χ1) is 32.7. The fourth-order valence-electron chi connectivity index (χ4n) is 7.43. The van der Waals surface area contributed by atoms with E-state index in [9.17, 15) is 85.6 Å². The van der Waals surface area contributed by atoms with Crippen molar-refractivity contribution >= 4 is 23.6 Å². The van der Waals surface area contributed by atoms with E-state index < -0.39 is 186 Å². The van der Waals surface area contributed by atoms with E-state index in [0.717, 1.165) is 4.90 Å². The zero-order valence-corrected chi connectivity index (χ0v) is 37.5. The Kier molecular flexibility index (Phi) is 24.0. The molecule has 20 atom stereocenters. The molecule has 0 unspecified atom stereocenters. The molecule has 4 amide bonds. The van der Waals surface area contributed by atoms with Crippen LogP contribution in [0.25, 0.3) is 0 Å². The van der Waals surface area contributed by atoms with Crippen LogP contribution in [-0.2, 0) is 57.1 Å². The number of hydrogen-bond donors (Lipinski definition) is 18. The quantitative estimate of drug-likeness (QED) is 0.0283. The number of nitrogens with zero attached hydrogens (tertiary/aromatic N) is 1. The number of aliphatic hydroxyl groups excluding tert-OH is 13. The average molecular weight is 1010 g/mol. The van der Waals surface area contributed by atoms with Crippen molar-refractivity contribution in [2.24, 2.45) is 5.73 Å². The molecule has 31 heteroatoms. The van der Waals surface area contributed by atoms with E-state index in [-0.39, 0.29) is 45.7 Å². The number of carbonyl (C=O) groups is 4. The number of nitrogens with two attached hydrogens (primary N) is 1. The second-order valence-corrected chi connectivity index (χ2v) is 16.7. The lowest BCUT2D eigenvalue weighted by atomic mass is 9.96. The van der Waals surface area contributed by atoms with Gasteiger partial charge in [0.15, 0.2) is 25.2 Å². The van der Waals surface area contributed by atoms with E-state index in [1.165, 1.54) is 6.92 Å². The maximum Gasteiger partial charge on any atom is 0.248 e. The van der Waals surface area contributed by atoms with Crippen molar-refractivity contribution < 1.29 is 123 Å². The lowest BCUT2D eigenvalue weighted by molar-refractivity contribution is -0.366. The lowest BCUT2D eigenvalue weighted by Crippen LogP contribution is -2.65. The summed E-state index contributed by atoms with van der Waals surface area (Å²) in [7, 11) is 0. The molecule has 0 aromatic rings. The molecule has 4 aliphatic rings. The number of aliphatic hydroxyl groups is 13. The number of ether oxygens (including phenoxy) is 8. The van der Waals surface area contributed by atoms with Gasteiger partial charge in [0, 0.05) is 26.1 Å². The van der Waals surface area contributed by atoms with Crippen molar-refractivity contribution in [1.82, 2.24) is 26.4 Å². The monoisotopic (exact) mass is 1010 g/mol. The summed E-state index contributed by atoms with van der Waals surface area (Å²) in [6.07, 6.45) is -32.2. The summed E-state index contributed by atoms with van der Waals surface area (Å²) in [5.74, 6) is -2.58. The highest BCUT2D eigenvalue weighted by molar-refractivity contribution is 5.83. The molecule has 0 spiro atoms. The van der Waals surface area contributed by atoms with Gasteiger partial charge in [-0.25, -0.2) is 5.43 Å². The molecule has 4 heterocycles. The van der Waals surface area contributed by atoms with E-state index in [1.54, 1.807) is 0 Å². The lowest BCUT2D eigenvalue weighted by Gasteiger charge is -2.46. The Morgan fingerprint density at radius 2 is 1.04 bits per heavy atom. The van der Waals surface area contributed by atoms with Gasteiger partial charge in [-0.3, -0.25) is 29.5 Å². The van der Waals surface area contributed by atoms with Crippen LogP contribution in [0.4, 0.5) is 0 Å². The number of rotatable bonds is 26. The maximum atomic E-state index is 12.6. The second-order valence-electron chi connectivity index (χ2n) is 16.7. The van der Waals surface area contributed by atoms with Gasteiger partial charge < -0.3 is 121 Å². The smallest absolute Gasteiger partial charge is 0.248 e. The molecule has 19 N–H and O–H groups in total. The van der Waals surface area contributed by atoms with Crippen molar-refractivity contribution in [1.29, 1.82) is 0 Å². The topological polar surface area (TPSA) is 482 Å². The van der Waals surface area contributed by atoms with Gasteiger partial charge in [0.05, 0.1) is 58.8 Å². The first kappa shape index (κ1) is 58.5. The molecule has 0 aromatic heterocycles. The standard InChI is InChI=1S/C38H68N6O25/c1-15-23(51)27(55)30(58)35(65-15)63-8-6-42-43-22(50)11-44(9-19(39)47)10-21(49)40-4-2-3-20(48)41-5-7-62-37-33(61)34(69-38-32(60)29(57)25(53)17(13-46)67-38)26(54)18(68-37)14-64-36-31(59)28(56)24(52)16(12-45)66-36/h15-18,23-38,42,45-46,51-61H,2-14H2,1H3,(H2,39,47)(H,40,49)(H,41,48)(H,43,50)/t15-,16+,17+,18+,23+,24+,25+,26+,27+,28-,29-,30-,31-,32-,33-,34-,35+,36-,37-,38+/m0/s1. The fraction of sp³-hybridized carbons (Fsp3) is 0.895. The third-order valence-corrected chi connectivity index (χ3v) is 11.3. The normalized spacial score (nSPS) is 38.4. The van der Waals surface area contributed by atoms with Gasteiger partial charge >= 0.3 is 0 Å². The molecule has 4 aliphatic heterocycles. The minimum Gasteiger partial charge on any atom is -0.394 e. The minimum atomic E-state index is -1.95. The van der Waals surface area contributed by atoms with Crippen molar-refractivity contribution in [3.8, 4) is 0 Å². The summed E-state index contributed by atoms with van der Waals surface area (Å²) < 4.78 is 43.8. The van der Waals surface area contributed by atoms with Crippen molar-refractivity contribution in [2.45, 2.75) is 143 Å². The zero-order chi connectivity index (χ0) is 51.1. The minimum absolute atomic E-state index is 0.00192. The van der Waals surface area contributed by atoms with Gasteiger partial charge in [0.1, 0.15) is 91.6 Å². The average Bonchev–Trinajstić information content (AvgIpc) is 3.30. The number of nitrogens with one attached hydrogen (secondary N) is 4. The molecule has 4 fully saturated rings. The van der Waals surface area contributed by atoms with Crippen LogP contribution in [0, 0.1) is 0 Å². The number of carbonyl (C=O) groups excluding carboxylic acids is 4. The molecule has 4 saturated heterocycles. The highest BCUT2D eigenvalue weighted by Crippen LogP contribution is 2.31. The molecule has 4 rings (SSSR count). The molecular formula is C38H68N6O25. The summed E-state index contributed by atoms with van der Waals surface area (Å²) in [6, 6.07) is 0. The predicted molar refractivity (Wildman–Crippen MR) is 220 cm³/mol. The highest BCUT2D eigenvalue weighted by Gasteiger charge is 2.52. The fourth-order valence-corrected chi connectivity index (χ4v) is 7.43. The van der Waals surface area contributed by atoms with Crippen LogP contribution in [0.3, 0.4) is 0 Å². The molecule has 31 nitrogen and oxygen atoms in total. The van der Waals surface area contributed by atoms with Crippen LogP contribution in [-0.4, -0.2) is 290 Å². The van der Waals surface area contributed by atoms with Gasteiger partial charge in [0.2, 0.25) is 23.6 Å². The van der Waals surface area contributed by atoms with Gasteiger partial charge in [0.25, 0.3) is 0 Å². The van der Waals surface area contributed by atoms with Gasteiger partial charge in [-0.2, -0.15) is 0 Å². The van der Waals surface area contributed by atoms with E-state index in [2.05, 4.69) is 21.5 Å². The molecule has 0 bridgehead atoms. The van der Waals surface area contributed by atoms with Crippen molar-refractivity contribution in [3.63, 3.8) is 0 Å². The summed E-state index contributed by atoms with van der Waals surface area (Å²) in [5, 5.41) is 138. The summed E-state index contributed by atoms with van der Waals surface area (Å²) in [5.41, 5.74) is 10.2. The molecule has 400 valence electrons. The van der Waals surface area contributed by atoms with E-state index >= 15 is 0 Å². The Hall–Kier alpha value is -3.04. The number of amides is 4. The van der Waals surface area contributed by atoms with Crippen molar-refractivity contribution in [2.75, 3.05) is 72.3 Å². The zero-order valence-electron chi connectivity index (χ0n) is 37.5. The predicted octanol–water partition coefficient (Wildman–Crippen LogP) is -12.3. The first-order valence-corrected chi connectivity index (χ1v) is 22.1.